The summed E-state index contributed by atoms with van der Waals surface area (Å²) < 4.78 is 5.91. The molecule has 1 atom stereocenters. The summed E-state index contributed by atoms with van der Waals surface area (Å²) in [6.07, 6.45) is 0.464. The van der Waals surface area contributed by atoms with Crippen molar-refractivity contribution < 1.29 is 29.3 Å². The predicted octanol–water partition coefficient (Wildman–Crippen LogP) is 1.43. The smallest absolute Gasteiger partial charge is 0.414 e. The number of benzene rings is 1. The second-order valence-electron chi connectivity index (χ2n) is 4.55. The summed E-state index contributed by atoms with van der Waals surface area (Å²) in [7, 11) is 0. The van der Waals surface area contributed by atoms with Gasteiger partial charge in [0.05, 0.1) is 6.61 Å². The van der Waals surface area contributed by atoms with Crippen LogP contribution in [0, 0.1) is 0 Å². The van der Waals surface area contributed by atoms with Crippen LogP contribution in [-0.2, 0) is 25.5 Å². The number of ether oxygens (including phenoxy) is 1. The normalized spacial score (nSPS) is 12.4. The van der Waals surface area contributed by atoms with Crippen LogP contribution in [0.15, 0.2) is 28.7 Å². The number of halogens is 1. The molecule has 0 aromatic heterocycles. The predicted molar refractivity (Wildman–Crippen MR) is 82.3 cm³/mol. The molecule has 0 aliphatic heterocycles. The van der Waals surface area contributed by atoms with Crippen LogP contribution in [0.1, 0.15) is 19.4 Å². The van der Waals surface area contributed by atoms with Crippen molar-refractivity contribution in [3.8, 4) is 0 Å². The van der Waals surface area contributed by atoms with Crippen molar-refractivity contribution in [2.24, 2.45) is 5.73 Å². The Morgan fingerprint density at radius 1 is 1.27 bits per heavy atom. The molecule has 1 unspecified atom stereocenters. The lowest BCUT2D eigenvalue weighted by molar-refractivity contribution is -0.159. The number of carbonyl (C=O) groups excluding carboxylic acids is 1. The minimum absolute atomic E-state index is 0.351. The summed E-state index contributed by atoms with van der Waals surface area (Å²) in [6, 6.07) is 7.74. The number of carboxylic acids is 2. The summed E-state index contributed by atoms with van der Waals surface area (Å²) >= 11 is 3.38. The number of carbonyl (C=O) groups is 3. The third-order valence-electron chi connectivity index (χ3n) is 2.39. The van der Waals surface area contributed by atoms with Crippen LogP contribution in [0.4, 0.5) is 0 Å². The van der Waals surface area contributed by atoms with Crippen molar-refractivity contribution in [2.45, 2.75) is 25.8 Å². The first-order valence-corrected chi connectivity index (χ1v) is 7.06. The maximum atomic E-state index is 11.6. The van der Waals surface area contributed by atoms with Gasteiger partial charge in [-0.15, -0.1) is 0 Å². The van der Waals surface area contributed by atoms with E-state index < -0.39 is 17.5 Å². The highest BCUT2D eigenvalue weighted by molar-refractivity contribution is 9.10. The highest BCUT2D eigenvalue weighted by atomic mass is 79.9. The van der Waals surface area contributed by atoms with Gasteiger partial charge in [0.2, 0.25) is 0 Å². The van der Waals surface area contributed by atoms with Crippen LogP contribution in [0.2, 0.25) is 0 Å². The van der Waals surface area contributed by atoms with E-state index in [-0.39, 0.29) is 5.97 Å². The van der Waals surface area contributed by atoms with Gasteiger partial charge in [-0.2, -0.15) is 0 Å². The first-order chi connectivity index (χ1) is 10.1. The number of rotatable bonds is 4. The fourth-order valence-electron chi connectivity index (χ4n) is 1.44. The molecular formula is C14H18BrNO6. The highest BCUT2D eigenvalue weighted by Crippen LogP contribution is 2.17. The maximum Gasteiger partial charge on any atom is 0.414 e. The van der Waals surface area contributed by atoms with Gasteiger partial charge in [0, 0.05) is 10.9 Å². The van der Waals surface area contributed by atoms with E-state index in [4.69, 9.17) is 30.3 Å². The van der Waals surface area contributed by atoms with E-state index in [2.05, 4.69) is 15.9 Å². The molecule has 0 aliphatic rings. The number of hydrogen-bond acceptors (Lipinski definition) is 5. The third-order valence-corrected chi connectivity index (χ3v) is 2.88. The molecular weight excluding hydrogens is 358 g/mol. The van der Waals surface area contributed by atoms with Crippen molar-refractivity contribution in [1.82, 2.24) is 0 Å². The van der Waals surface area contributed by atoms with E-state index in [0.717, 1.165) is 10.0 Å². The monoisotopic (exact) mass is 375 g/mol. The average molecular weight is 376 g/mol. The number of aliphatic carboxylic acids is 2. The second kappa shape index (κ2) is 9.16. The van der Waals surface area contributed by atoms with Crippen LogP contribution < -0.4 is 5.73 Å². The van der Waals surface area contributed by atoms with Crippen molar-refractivity contribution in [3.05, 3.63) is 34.3 Å². The Balaban J connectivity index is 0.000000626. The Hall–Kier alpha value is -1.93. The molecule has 0 aliphatic carbocycles. The molecule has 1 rings (SSSR count). The zero-order chi connectivity index (χ0) is 17.3. The first-order valence-electron chi connectivity index (χ1n) is 6.27. The largest absolute Gasteiger partial charge is 0.473 e. The van der Waals surface area contributed by atoms with Crippen molar-refractivity contribution in [2.75, 3.05) is 6.61 Å². The molecule has 122 valence electrons. The molecule has 0 fully saturated rings. The van der Waals surface area contributed by atoms with Crippen LogP contribution in [0.5, 0.6) is 0 Å². The Labute approximate surface area is 136 Å². The average Bonchev–Trinajstić information content (AvgIpc) is 2.39. The molecule has 0 bridgehead atoms. The molecule has 8 heteroatoms. The Morgan fingerprint density at radius 2 is 1.82 bits per heavy atom. The van der Waals surface area contributed by atoms with Crippen molar-refractivity contribution in [3.63, 3.8) is 0 Å². The van der Waals surface area contributed by atoms with Crippen LogP contribution >= 0.6 is 15.9 Å². The topological polar surface area (TPSA) is 127 Å². The Morgan fingerprint density at radius 3 is 2.23 bits per heavy atom. The zero-order valence-electron chi connectivity index (χ0n) is 12.2. The van der Waals surface area contributed by atoms with E-state index >= 15 is 0 Å². The standard InChI is InChI=1S/C12H16BrNO2.C2H2O4/c1-3-16-11(15)12(2,14)8-9-5-4-6-10(13)7-9;3-1(4)2(5)6/h4-7H,3,8,14H2,1-2H3;(H,3,4)(H,5,6). The van der Waals surface area contributed by atoms with E-state index in [1.807, 2.05) is 24.3 Å². The minimum Gasteiger partial charge on any atom is -0.473 e. The van der Waals surface area contributed by atoms with Gasteiger partial charge in [-0.1, -0.05) is 28.1 Å². The fraction of sp³-hybridized carbons (Fsp3) is 0.357. The highest BCUT2D eigenvalue weighted by Gasteiger charge is 2.30. The molecule has 0 amide bonds. The van der Waals surface area contributed by atoms with Crippen LogP contribution in [-0.4, -0.2) is 40.3 Å². The van der Waals surface area contributed by atoms with Crippen molar-refractivity contribution >= 4 is 33.8 Å². The summed E-state index contributed by atoms with van der Waals surface area (Å²) in [5, 5.41) is 14.8. The van der Waals surface area contributed by atoms with Crippen LogP contribution in [0.25, 0.3) is 0 Å². The lowest BCUT2D eigenvalue weighted by atomic mass is 9.94. The van der Waals surface area contributed by atoms with Gasteiger partial charge in [-0.3, -0.25) is 4.79 Å². The van der Waals surface area contributed by atoms with Gasteiger partial charge < -0.3 is 20.7 Å². The molecule has 4 N–H and O–H groups in total. The minimum atomic E-state index is -1.82. The lowest BCUT2D eigenvalue weighted by Crippen LogP contribution is -2.48. The molecule has 7 nitrogen and oxygen atoms in total. The van der Waals surface area contributed by atoms with Crippen molar-refractivity contribution in [1.29, 1.82) is 0 Å². The molecule has 0 saturated carbocycles. The fourth-order valence-corrected chi connectivity index (χ4v) is 1.89. The SMILES string of the molecule is CCOC(=O)C(C)(N)Cc1cccc(Br)c1.O=C(O)C(=O)O. The quantitative estimate of drug-likeness (QED) is 0.536. The lowest BCUT2D eigenvalue weighted by Gasteiger charge is -2.22. The van der Waals surface area contributed by atoms with E-state index in [1.54, 1.807) is 13.8 Å². The number of hydrogen-bond donors (Lipinski definition) is 3. The summed E-state index contributed by atoms with van der Waals surface area (Å²) in [5.74, 6) is -4.01. The van der Waals surface area contributed by atoms with Gasteiger partial charge in [-0.05, 0) is 31.5 Å². The zero-order valence-corrected chi connectivity index (χ0v) is 13.8. The first kappa shape index (κ1) is 20.1. The van der Waals surface area contributed by atoms with Gasteiger partial charge in [0.15, 0.2) is 0 Å². The number of esters is 1. The van der Waals surface area contributed by atoms with E-state index in [9.17, 15) is 4.79 Å². The molecule has 22 heavy (non-hydrogen) atoms. The van der Waals surface area contributed by atoms with Gasteiger partial charge in [0.25, 0.3) is 0 Å². The summed E-state index contributed by atoms with van der Waals surface area (Å²) in [4.78, 5) is 29.8. The Bertz CT molecular complexity index is 532. The molecule has 0 radical (unpaired) electrons. The van der Waals surface area contributed by atoms with Gasteiger partial charge in [-0.25, -0.2) is 9.59 Å². The molecule has 0 saturated heterocycles. The number of carboxylic acid groups (broad SMARTS) is 2. The van der Waals surface area contributed by atoms with Gasteiger partial charge in [0.1, 0.15) is 5.54 Å². The third kappa shape index (κ3) is 7.75. The van der Waals surface area contributed by atoms with E-state index in [1.165, 1.54) is 0 Å². The molecule has 0 spiro atoms. The maximum absolute atomic E-state index is 11.6. The second-order valence-corrected chi connectivity index (χ2v) is 5.47. The number of nitrogens with two attached hydrogens (primary N) is 1. The summed E-state index contributed by atoms with van der Waals surface area (Å²) in [6.45, 7) is 3.81. The molecule has 0 heterocycles. The molecule has 1 aromatic carbocycles. The van der Waals surface area contributed by atoms with Crippen LogP contribution in [0.3, 0.4) is 0 Å². The molecule has 1 aromatic rings. The van der Waals surface area contributed by atoms with Gasteiger partial charge >= 0.3 is 17.9 Å². The summed E-state index contributed by atoms with van der Waals surface area (Å²) in [5.41, 5.74) is 5.97. The Kier molecular flexibility index (Phi) is 8.36. The van der Waals surface area contributed by atoms with E-state index in [0.29, 0.717) is 13.0 Å².